The van der Waals surface area contributed by atoms with E-state index in [0.717, 1.165) is 29.8 Å². The van der Waals surface area contributed by atoms with Crippen LogP contribution in [0.3, 0.4) is 0 Å². The molecule has 1 aromatic heterocycles. The van der Waals surface area contributed by atoms with Crippen LogP contribution in [0.2, 0.25) is 0 Å². The number of rotatable bonds is 2. The van der Waals surface area contributed by atoms with Crippen molar-refractivity contribution in [2.24, 2.45) is 0 Å². The summed E-state index contributed by atoms with van der Waals surface area (Å²) in [6.07, 6.45) is 3.63. The molecule has 0 atom stereocenters. The molecule has 6 nitrogen and oxygen atoms in total. The van der Waals surface area contributed by atoms with Gasteiger partial charge in [-0.3, -0.25) is 4.79 Å². The summed E-state index contributed by atoms with van der Waals surface area (Å²) in [5, 5.41) is 0. The molecule has 3 heterocycles. The summed E-state index contributed by atoms with van der Waals surface area (Å²) in [4.78, 5) is 13.8. The van der Waals surface area contributed by atoms with Crippen molar-refractivity contribution in [2.75, 3.05) is 18.0 Å². The zero-order valence-electron chi connectivity index (χ0n) is 14.2. The van der Waals surface area contributed by atoms with Gasteiger partial charge in [-0.25, -0.2) is 8.42 Å². The van der Waals surface area contributed by atoms with Crippen molar-refractivity contribution in [2.45, 2.75) is 37.8 Å². The molecular formula is C18H21N3O3S. The van der Waals surface area contributed by atoms with E-state index in [1.165, 1.54) is 4.31 Å². The van der Waals surface area contributed by atoms with Crippen molar-refractivity contribution in [3.63, 3.8) is 0 Å². The maximum absolute atomic E-state index is 13.1. The number of sulfonamides is 1. The molecule has 2 aliphatic rings. The number of carbonyl (C=O) groups excluding carboxylic acids is 1. The minimum Gasteiger partial charge on any atom is -0.349 e. The summed E-state index contributed by atoms with van der Waals surface area (Å²) in [5.41, 5.74) is 2.78. The van der Waals surface area contributed by atoms with Crippen LogP contribution in [-0.4, -0.2) is 36.3 Å². The summed E-state index contributed by atoms with van der Waals surface area (Å²) in [6.45, 7) is 3.78. The van der Waals surface area contributed by atoms with E-state index >= 15 is 0 Å². The van der Waals surface area contributed by atoms with Crippen LogP contribution in [0.25, 0.3) is 0 Å². The summed E-state index contributed by atoms with van der Waals surface area (Å²) >= 11 is 0. The van der Waals surface area contributed by atoms with Crippen molar-refractivity contribution < 1.29 is 13.2 Å². The Balaban J connectivity index is 1.67. The van der Waals surface area contributed by atoms with Gasteiger partial charge in [0.15, 0.2) is 0 Å². The molecule has 1 aromatic carbocycles. The lowest BCUT2D eigenvalue weighted by molar-refractivity contribution is -0.116. The Hall–Kier alpha value is -2.12. The molecule has 2 aromatic rings. The van der Waals surface area contributed by atoms with Crippen LogP contribution in [0.15, 0.2) is 41.4 Å². The number of hydrogen-bond donors (Lipinski definition) is 0. The maximum atomic E-state index is 13.1. The number of aryl methyl sites for hydroxylation is 1. The highest BCUT2D eigenvalue weighted by atomic mass is 32.2. The van der Waals surface area contributed by atoms with E-state index in [1.807, 2.05) is 18.3 Å². The first-order valence-electron chi connectivity index (χ1n) is 8.52. The molecule has 7 heteroatoms. The van der Waals surface area contributed by atoms with Crippen molar-refractivity contribution in [3.05, 3.63) is 47.8 Å². The van der Waals surface area contributed by atoms with E-state index in [9.17, 15) is 13.2 Å². The van der Waals surface area contributed by atoms with Gasteiger partial charge < -0.3 is 9.47 Å². The first-order chi connectivity index (χ1) is 12.0. The van der Waals surface area contributed by atoms with Gasteiger partial charge in [-0.1, -0.05) is 0 Å². The second-order valence-electron chi connectivity index (χ2n) is 6.60. The number of nitrogens with zero attached hydrogens (tertiary/aromatic N) is 3. The van der Waals surface area contributed by atoms with E-state index < -0.39 is 10.0 Å². The molecule has 0 aliphatic carbocycles. The van der Waals surface area contributed by atoms with Gasteiger partial charge in [-0.15, -0.1) is 0 Å². The molecule has 4 rings (SSSR count). The molecule has 0 bridgehead atoms. The van der Waals surface area contributed by atoms with Crippen LogP contribution < -0.4 is 4.90 Å². The van der Waals surface area contributed by atoms with E-state index in [1.54, 1.807) is 30.0 Å². The van der Waals surface area contributed by atoms with Crippen LogP contribution in [0.1, 0.15) is 24.6 Å². The van der Waals surface area contributed by atoms with Gasteiger partial charge in [-0.2, -0.15) is 4.31 Å². The van der Waals surface area contributed by atoms with Crippen LogP contribution in [0, 0.1) is 0 Å². The van der Waals surface area contributed by atoms with Gasteiger partial charge >= 0.3 is 0 Å². The highest BCUT2D eigenvalue weighted by Crippen LogP contribution is 2.31. The van der Waals surface area contributed by atoms with Crippen LogP contribution >= 0.6 is 0 Å². The standard InChI is InChI=1S/C18H21N3O3S/c1-14(22)21-9-2-4-15-12-17(6-7-18(15)21)25(23,24)20-11-10-19-8-3-5-16(19)13-20/h3,5-8,12H,2,4,9-11,13H2,1H3. The Morgan fingerprint density at radius 2 is 1.96 bits per heavy atom. The lowest BCUT2D eigenvalue weighted by Crippen LogP contribution is -2.38. The second-order valence-corrected chi connectivity index (χ2v) is 8.53. The Labute approximate surface area is 147 Å². The first kappa shape index (κ1) is 16.4. The molecule has 0 fully saturated rings. The SMILES string of the molecule is CC(=O)N1CCCc2cc(S(=O)(=O)N3CCn4cccc4C3)ccc21. The van der Waals surface area contributed by atoms with Crippen LogP contribution in [0.4, 0.5) is 5.69 Å². The molecule has 0 N–H and O–H groups in total. The van der Waals surface area contributed by atoms with Gasteiger partial charge in [0.25, 0.3) is 0 Å². The molecule has 25 heavy (non-hydrogen) atoms. The van der Waals surface area contributed by atoms with Gasteiger partial charge in [-0.05, 0) is 48.7 Å². The molecule has 1 amide bonds. The zero-order chi connectivity index (χ0) is 17.6. The predicted molar refractivity (Wildman–Crippen MR) is 94.8 cm³/mol. The Bertz CT molecular complexity index is 933. The van der Waals surface area contributed by atoms with Crippen molar-refractivity contribution in [1.29, 1.82) is 0 Å². The summed E-state index contributed by atoms with van der Waals surface area (Å²) in [6, 6.07) is 9.05. The van der Waals surface area contributed by atoms with E-state index in [4.69, 9.17) is 0 Å². The Morgan fingerprint density at radius 1 is 1.12 bits per heavy atom. The highest BCUT2D eigenvalue weighted by Gasteiger charge is 2.30. The van der Waals surface area contributed by atoms with E-state index in [2.05, 4.69) is 4.57 Å². The van der Waals surface area contributed by atoms with Crippen molar-refractivity contribution in [3.8, 4) is 0 Å². The maximum Gasteiger partial charge on any atom is 0.243 e. The Morgan fingerprint density at radius 3 is 2.76 bits per heavy atom. The fourth-order valence-electron chi connectivity index (χ4n) is 3.71. The van der Waals surface area contributed by atoms with Crippen LogP contribution in [-0.2, 0) is 34.3 Å². The number of fused-ring (bicyclic) bond motifs is 2. The minimum atomic E-state index is -3.54. The molecule has 0 saturated carbocycles. The molecule has 2 aliphatic heterocycles. The lowest BCUT2D eigenvalue weighted by Gasteiger charge is -2.30. The lowest BCUT2D eigenvalue weighted by atomic mass is 10.0. The number of carbonyl (C=O) groups is 1. The van der Waals surface area contributed by atoms with Crippen LogP contribution in [0.5, 0.6) is 0 Å². The largest absolute Gasteiger partial charge is 0.349 e. The second kappa shape index (κ2) is 6.00. The molecule has 132 valence electrons. The third kappa shape index (κ3) is 2.77. The monoisotopic (exact) mass is 359 g/mol. The quantitative estimate of drug-likeness (QED) is 0.824. The molecular weight excluding hydrogens is 338 g/mol. The summed E-state index contributed by atoms with van der Waals surface area (Å²) in [5.74, 6) is -0.00616. The van der Waals surface area contributed by atoms with Gasteiger partial charge in [0.2, 0.25) is 15.9 Å². The highest BCUT2D eigenvalue weighted by molar-refractivity contribution is 7.89. The fourth-order valence-corrected chi connectivity index (χ4v) is 5.16. The summed E-state index contributed by atoms with van der Waals surface area (Å²) < 4.78 is 29.7. The number of anilines is 1. The minimum absolute atomic E-state index is 0.00616. The van der Waals surface area contributed by atoms with E-state index in [-0.39, 0.29) is 5.91 Å². The third-order valence-corrected chi connectivity index (χ3v) is 6.88. The van der Waals surface area contributed by atoms with Gasteiger partial charge in [0.1, 0.15) is 0 Å². The normalized spacial score (nSPS) is 17.9. The predicted octanol–water partition coefficient (Wildman–Crippen LogP) is 1.99. The van der Waals surface area contributed by atoms with Crippen molar-refractivity contribution in [1.82, 2.24) is 8.87 Å². The average Bonchev–Trinajstić information content (AvgIpc) is 3.08. The van der Waals surface area contributed by atoms with Gasteiger partial charge in [0.05, 0.1) is 11.4 Å². The third-order valence-electron chi connectivity index (χ3n) is 5.04. The smallest absolute Gasteiger partial charge is 0.243 e. The molecule has 0 unspecified atom stereocenters. The van der Waals surface area contributed by atoms with E-state index in [0.29, 0.717) is 31.1 Å². The fraction of sp³-hybridized carbons (Fsp3) is 0.389. The van der Waals surface area contributed by atoms with Crippen molar-refractivity contribution >= 4 is 21.6 Å². The number of aromatic nitrogens is 1. The average molecular weight is 359 g/mol. The molecule has 0 saturated heterocycles. The topological polar surface area (TPSA) is 62.6 Å². The Kier molecular flexibility index (Phi) is 3.92. The van der Waals surface area contributed by atoms with Gasteiger partial charge in [0, 0.05) is 44.1 Å². The molecule has 0 spiro atoms. The summed E-state index contributed by atoms with van der Waals surface area (Å²) in [7, 11) is -3.54. The molecule has 0 radical (unpaired) electrons. The zero-order valence-corrected chi connectivity index (χ0v) is 15.0. The first-order valence-corrected chi connectivity index (χ1v) is 9.96. The number of benzene rings is 1. The number of hydrogen-bond acceptors (Lipinski definition) is 3. The number of amides is 1.